The van der Waals surface area contributed by atoms with Crippen LogP contribution in [0.1, 0.15) is 46.0 Å². The van der Waals surface area contributed by atoms with E-state index in [-0.39, 0.29) is 28.6 Å². The first-order valence-corrected chi connectivity index (χ1v) is 12.2. The topological polar surface area (TPSA) is 76.5 Å². The van der Waals surface area contributed by atoms with Crippen molar-refractivity contribution in [1.82, 2.24) is 4.98 Å². The van der Waals surface area contributed by atoms with Crippen molar-refractivity contribution in [1.29, 1.82) is 0 Å². The number of aromatic nitrogens is 1. The van der Waals surface area contributed by atoms with E-state index in [9.17, 15) is 13.5 Å². The lowest BCUT2D eigenvalue weighted by atomic mass is 9.91. The zero-order valence-electron chi connectivity index (χ0n) is 17.3. The number of unbranched alkanes of at least 4 members (excludes halogenated alkanes) is 1. The number of benzene rings is 1. The van der Waals surface area contributed by atoms with E-state index in [2.05, 4.69) is 18.8 Å². The molecule has 2 atom stereocenters. The summed E-state index contributed by atoms with van der Waals surface area (Å²) in [7, 11) is -2.96. The third-order valence-corrected chi connectivity index (χ3v) is 8.00. The van der Waals surface area contributed by atoms with Crippen LogP contribution < -0.4 is 4.74 Å². The molecule has 2 unspecified atom stereocenters. The summed E-state index contributed by atoms with van der Waals surface area (Å²) in [4.78, 5) is 4.21. The third kappa shape index (κ3) is 6.20. The Morgan fingerprint density at radius 2 is 1.90 bits per heavy atom. The van der Waals surface area contributed by atoms with E-state index in [1.807, 2.05) is 24.3 Å². The summed E-state index contributed by atoms with van der Waals surface area (Å²) in [6.07, 6.45) is 6.13. The van der Waals surface area contributed by atoms with E-state index in [0.717, 1.165) is 49.1 Å². The van der Waals surface area contributed by atoms with Gasteiger partial charge >= 0.3 is 0 Å². The molecule has 0 radical (unpaired) electrons. The minimum Gasteiger partial charge on any atom is -0.506 e. The first kappa shape index (κ1) is 21.6. The van der Waals surface area contributed by atoms with Gasteiger partial charge in [0.15, 0.2) is 9.84 Å². The lowest BCUT2D eigenvalue weighted by Crippen LogP contribution is -2.28. The molecule has 1 aliphatic carbocycles. The normalized spacial score (nSPS) is 16.3. The molecule has 1 fully saturated rings. The van der Waals surface area contributed by atoms with Crippen molar-refractivity contribution in [3.8, 4) is 22.8 Å². The first-order valence-electron chi connectivity index (χ1n) is 10.5. The molecule has 158 valence electrons. The summed E-state index contributed by atoms with van der Waals surface area (Å²) >= 11 is 0. The molecule has 3 rings (SSSR count). The highest BCUT2D eigenvalue weighted by molar-refractivity contribution is 7.92. The summed E-state index contributed by atoms with van der Waals surface area (Å²) in [5, 5.41) is 9.26. The molecule has 5 nitrogen and oxygen atoms in total. The summed E-state index contributed by atoms with van der Waals surface area (Å²) in [5.74, 6) is 1.51. The van der Waals surface area contributed by atoms with Crippen molar-refractivity contribution in [3.63, 3.8) is 0 Å². The van der Waals surface area contributed by atoms with E-state index < -0.39 is 9.84 Å². The van der Waals surface area contributed by atoms with Gasteiger partial charge in [-0.2, -0.15) is 0 Å². The average Bonchev–Trinajstić information content (AvgIpc) is 3.56. The van der Waals surface area contributed by atoms with Gasteiger partial charge in [0.05, 0.1) is 29.5 Å². The number of rotatable bonds is 11. The monoisotopic (exact) mass is 417 g/mol. The number of hydrogen-bond donors (Lipinski definition) is 1. The summed E-state index contributed by atoms with van der Waals surface area (Å²) in [5.41, 5.74) is 1.73. The number of ether oxygens (including phenoxy) is 1. The van der Waals surface area contributed by atoms with Gasteiger partial charge in [-0.3, -0.25) is 4.98 Å². The second kappa shape index (κ2) is 9.61. The smallest absolute Gasteiger partial charge is 0.153 e. The number of sulfone groups is 1. The Kier molecular flexibility index (Phi) is 7.17. The minimum atomic E-state index is -2.96. The minimum absolute atomic E-state index is 0.0965. The highest BCUT2D eigenvalue weighted by Gasteiger charge is 2.37. The zero-order chi connectivity index (χ0) is 20.9. The standard InChI is InChI=1S/C23H31NO4S/c1-3-4-5-19(16-29(26,27)22-11-12-22)17(2)15-28-21-9-6-18(7-10-21)23-13-8-20(25)14-24-23/h6-10,13-14,17,19,22,25H,3-5,11-12,15-16H2,1-2H3. The van der Waals surface area contributed by atoms with Gasteiger partial charge in [-0.05, 0) is 67.5 Å². The van der Waals surface area contributed by atoms with E-state index in [4.69, 9.17) is 4.74 Å². The molecular weight excluding hydrogens is 386 g/mol. The molecule has 1 aromatic heterocycles. The fraction of sp³-hybridized carbons (Fsp3) is 0.522. The lowest BCUT2D eigenvalue weighted by molar-refractivity contribution is 0.209. The molecule has 0 aliphatic heterocycles. The van der Waals surface area contributed by atoms with Crippen LogP contribution in [0.5, 0.6) is 11.5 Å². The Bertz CT molecular complexity index is 874. The molecule has 0 spiro atoms. The van der Waals surface area contributed by atoms with Gasteiger partial charge in [0.25, 0.3) is 0 Å². The lowest BCUT2D eigenvalue weighted by Gasteiger charge is -2.24. The quantitative estimate of drug-likeness (QED) is 0.565. The van der Waals surface area contributed by atoms with Crippen molar-refractivity contribution < 1.29 is 18.3 Å². The first-order chi connectivity index (χ1) is 13.9. The van der Waals surface area contributed by atoms with Crippen molar-refractivity contribution in [2.75, 3.05) is 12.4 Å². The highest BCUT2D eigenvalue weighted by atomic mass is 32.2. The number of aromatic hydroxyl groups is 1. The van der Waals surface area contributed by atoms with Crippen LogP contribution in [0.15, 0.2) is 42.6 Å². The molecule has 0 saturated heterocycles. The molecule has 1 aliphatic rings. The second-order valence-corrected chi connectivity index (χ2v) is 10.5. The van der Waals surface area contributed by atoms with Crippen LogP contribution in [0.4, 0.5) is 0 Å². The van der Waals surface area contributed by atoms with Gasteiger partial charge < -0.3 is 9.84 Å². The van der Waals surface area contributed by atoms with Crippen LogP contribution in [-0.2, 0) is 9.84 Å². The Labute approximate surface area is 174 Å². The third-order valence-electron chi connectivity index (χ3n) is 5.62. The van der Waals surface area contributed by atoms with Crippen LogP contribution in [0.25, 0.3) is 11.3 Å². The van der Waals surface area contributed by atoms with Gasteiger partial charge in [-0.25, -0.2) is 8.42 Å². The van der Waals surface area contributed by atoms with E-state index in [1.54, 1.807) is 12.1 Å². The predicted octanol–water partition coefficient (Wildman–Crippen LogP) is 4.85. The molecule has 0 bridgehead atoms. The number of pyridine rings is 1. The largest absolute Gasteiger partial charge is 0.506 e. The molecule has 29 heavy (non-hydrogen) atoms. The maximum atomic E-state index is 12.5. The second-order valence-electron chi connectivity index (χ2n) is 8.15. The van der Waals surface area contributed by atoms with Crippen molar-refractivity contribution in [3.05, 3.63) is 42.6 Å². The highest BCUT2D eigenvalue weighted by Crippen LogP contribution is 2.33. The van der Waals surface area contributed by atoms with Crippen LogP contribution in [0, 0.1) is 11.8 Å². The van der Waals surface area contributed by atoms with Crippen molar-refractivity contribution in [2.45, 2.75) is 51.2 Å². The van der Waals surface area contributed by atoms with Gasteiger partial charge in [0, 0.05) is 5.56 Å². The summed E-state index contributed by atoms with van der Waals surface area (Å²) < 4.78 is 30.9. The number of hydrogen-bond acceptors (Lipinski definition) is 5. The maximum Gasteiger partial charge on any atom is 0.153 e. The number of nitrogens with zero attached hydrogens (tertiary/aromatic N) is 1. The fourth-order valence-corrected chi connectivity index (χ4v) is 5.72. The van der Waals surface area contributed by atoms with Crippen LogP contribution in [-0.4, -0.2) is 36.1 Å². The van der Waals surface area contributed by atoms with Gasteiger partial charge in [-0.1, -0.05) is 26.7 Å². The fourth-order valence-electron chi connectivity index (χ4n) is 3.50. The Balaban J connectivity index is 1.58. The van der Waals surface area contributed by atoms with Gasteiger partial charge in [0.1, 0.15) is 11.5 Å². The Hall–Kier alpha value is -2.08. The van der Waals surface area contributed by atoms with Crippen LogP contribution in [0.3, 0.4) is 0 Å². The Morgan fingerprint density at radius 1 is 1.17 bits per heavy atom. The van der Waals surface area contributed by atoms with E-state index in [0.29, 0.717) is 6.61 Å². The molecule has 0 amide bonds. The van der Waals surface area contributed by atoms with Gasteiger partial charge in [0.2, 0.25) is 0 Å². The molecule has 1 aromatic carbocycles. The van der Waals surface area contributed by atoms with E-state index >= 15 is 0 Å². The van der Waals surface area contributed by atoms with Crippen LogP contribution >= 0.6 is 0 Å². The SMILES string of the molecule is CCCCC(CS(=O)(=O)C1CC1)C(C)COc1ccc(-c2ccc(O)cn2)cc1. The molecule has 1 heterocycles. The zero-order valence-corrected chi connectivity index (χ0v) is 18.1. The molecule has 6 heteroatoms. The molecule has 1 N–H and O–H groups in total. The van der Waals surface area contributed by atoms with E-state index in [1.165, 1.54) is 6.20 Å². The maximum absolute atomic E-state index is 12.5. The van der Waals surface area contributed by atoms with Crippen molar-refractivity contribution in [2.24, 2.45) is 11.8 Å². The summed E-state index contributed by atoms with van der Waals surface area (Å²) in [6, 6.07) is 11.1. The predicted molar refractivity (Wildman–Crippen MR) is 116 cm³/mol. The summed E-state index contributed by atoms with van der Waals surface area (Å²) in [6.45, 7) is 4.74. The molecular formula is C23H31NO4S. The van der Waals surface area contributed by atoms with Gasteiger partial charge in [-0.15, -0.1) is 0 Å². The average molecular weight is 418 g/mol. The van der Waals surface area contributed by atoms with Crippen molar-refractivity contribution >= 4 is 9.84 Å². The Morgan fingerprint density at radius 3 is 2.48 bits per heavy atom. The molecule has 1 saturated carbocycles. The van der Waals surface area contributed by atoms with Crippen LogP contribution in [0.2, 0.25) is 0 Å². The molecule has 2 aromatic rings.